The quantitative estimate of drug-likeness (QED) is 0.547. The van der Waals surface area contributed by atoms with Gasteiger partial charge in [0.2, 0.25) is 11.8 Å². The lowest BCUT2D eigenvalue weighted by atomic mass is 10.2. The van der Waals surface area contributed by atoms with Crippen LogP contribution in [-0.2, 0) is 9.59 Å². The Balaban J connectivity index is 1.95. The molecule has 1 aromatic carbocycles. The Kier molecular flexibility index (Phi) is 3.82. The molecule has 1 aliphatic heterocycles. The molecule has 1 saturated heterocycles. The summed E-state index contributed by atoms with van der Waals surface area (Å²) in [5.74, 6) is -0.468. The molecule has 6 nitrogen and oxygen atoms in total. The molecule has 1 aliphatic rings. The molecule has 2 rings (SSSR count). The van der Waals surface area contributed by atoms with E-state index in [2.05, 4.69) is 16.2 Å². The molecule has 0 aromatic heterocycles. The number of benzene rings is 1. The predicted octanol–water partition coefficient (Wildman–Crippen LogP) is 0.591. The molecule has 2 amide bonds. The molecule has 0 radical (unpaired) electrons. The lowest BCUT2D eigenvalue weighted by Gasteiger charge is -2.09. The van der Waals surface area contributed by atoms with Gasteiger partial charge in [-0.1, -0.05) is 0 Å². The van der Waals surface area contributed by atoms with Crippen LogP contribution in [0, 0.1) is 10.7 Å². The second kappa shape index (κ2) is 5.53. The van der Waals surface area contributed by atoms with Crippen LogP contribution in [0.1, 0.15) is 6.42 Å². The first-order valence-electron chi connectivity index (χ1n) is 5.20. The molecule has 0 aliphatic carbocycles. The molecule has 1 atom stereocenters. The van der Waals surface area contributed by atoms with E-state index in [1.54, 1.807) is 24.3 Å². The van der Waals surface area contributed by atoms with Crippen LogP contribution in [0.25, 0.3) is 0 Å². The van der Waals surface area contributed by atoms with Crippen LogP contribution >= 0.6 is 11.8 Å². The largest absolute Gasteiger partial charge is 0.325 e. The number of carbonyl (C=O) groups excluding carboxylic acids is 2. The maximum absolute atomic E-state index is 11.7. The minimum absolute atomic E-state index is 0.133. The molecular formula is C11H10N4O2S. The molecule has 1 heterocycles. The van der Waals surface area contributed by atoms with Crippen molar-refractivity contribution in [1.82, 2.24) is 10.9 Å². The van der Waals surface area contributed by atoms with Crippen LogP contribution in [0.15, 0.2) is 29.2 Å². The van der Waals surface area contributed by atoms with Crippen molar-refractivity contribution in [3.8, 4) is 5.40 Å². The van der Waals surface area contributed by atoms with Crippen molar-refractivity contribution in [1.29, 1.82) is 5.26 Å². The number of carbonyl (C=O) groups is 2. The summed E-state index contributed by atoms with van der Waals surface area (Å²) in [7, 11) is 0. The number of hydrazine groups is 1. The Morgan fingerprint density at radius 2 is 2.17 bits per heavy atom. The van der Waals surface area contributed by atoms with E-state index in [0.29, 0.717) is 5.69 Å². The summed E-state index contributed by atoms with van der Waals surface area (Å²) >= 11 is 1.05. The standard InChI is InChI=1S/C11H10N4O2S/c12-6-18-8-3-1-7(2-4-8)13-11(17)9-5-10(16)15-14-9/h1-4,9,14H,5H2,(H,13,17)(H,15,16). The van der Waals surface area contributed by atoms with Crippen molar-refractivity contribution in [2.24, 2.45) is 0 Å². The monoisotopic (exact) mass is 262 g/mol. The number of nitrogens with zero attached hydrogens (tertiary/aromatic N) is 1. The topological polar surface area (TPSA) is 94.0 Å². The van der Waals surface area contributed by atoms with Gasteiger partial charge in [0.15, 0.2) is 0 Å². The van der Waals surface area contributed by atoms with Gasteiger partial charge in [0.05, 0.1) is 6.42 Å². The van der Waals surface area contributed by atoms with Crippen LogP contribution in [0.2, 0.25) is 0 Å². The molecule has 7 heteroatoms. The average molecular weight is 262 g/mol. The molecule has 1 unspecified atom stereocenters. The number of rotatable bonds is 3. The van der Waals surface area contributed by atoms with Gasteiger partial charge >= 0.3 is 0 Å². The Hall–Kier alpha value is -2.04. The van der Waals surface area contributed by atoms with Gasteiger partial charge in [-0.05, 0) is 36.0 Å². The third-order valence-corrected chi connectivity index (χ3v) is 2.98. The molecule has 0 saturated carbocycles. The van der Waals surface area contributed by atoms with Crippen molar-refractivity contribution in [2.75, 3.05) is 5.32 Å². The number of amides is 2. The molecule has 3 N–H and O–H groups in total. The van der Waals surface area contributed by atoms with Gasteiger partial charge in [-0.3, -0.25) is 15.0 Å². The highest BCUT2D eigenvalue weighted by molar-refractivity contribution is 8.03. The summed E-state index contributed by atoms with van der Waals surface area (Å²) < 4.78 is 0. The Morgan fingerprint density at radius 3 is 2.72 bits per heavy atom. The highest BCUT2D eigenvalue weighted by Gasteiger charge is 2.27. The van der Waals surface area contributed by atoms with Gasteiger partial charge in [0.1, 0.15) is 11.4 Å². The van der Waals surface area contributed by atoms with E-state index in [-0.39, 0.29) is 18.2 Å². The van der Waals surface area contributed by atoms with Crippen molar-refractivity contribution in [3.63, 3.8) is 0 Å². The minimum atomic E-state index is -0.550. The molecule has 0 spiro atoms. The lowest BCUT2D eigenvalue weighted by molar-refractivity contribution is -0.121. The van der Waals surface area contributed by atoms with Gasteiger partial charge in [-0.15, -0.1) is 0 Å². The summed E-state index contributed by atoms with van der Waals surface area (Å²) in [6.07, 6.45) is 0.133. The van der Waals surface area contributed by atoms with Gasteiger partial charge in [0, 0.05) is 10.6 Å². The Bertz CT molecular complexity index is 509. The number of nitriles is 1. The normalized spacial score (nSPS) is 17.9. The van der Waals surface area contributed by atoms with Crippen LogP contribution in [0.4, 0.5) is 5.69 Å². The number of hydrogen-bond donors (Lipinski definition) is 3. The summed E-state index contributed by atoms with van der Waals surface area (Å²) in [6, 6.07) is 6.36. The zero-order valence-corrected chi connectivity index (χ0v) is 10.1. The summed E-state index contributed by atoms with van der Waals surface area (Å²) in [5, 5.41) is 13.2. The van der Waals surface area contributed by atoms with Crippen LogP contribution < -0.4 is 16.2 Å². The third kappa shape index (κ3) is 3.00. The van der Waals surface area contributed by atoms with Crippen LogP contribution in [0.3, 0.4) is 0 Å². The summed E-state index contributed by atoms with van der Waals surface area (Å²) in [4.78, 5) is 23.5. The molecule has 1 fully saturated rings. The first-order chi connectivity index (χ1) is 8.69. The summed E-state index contributed by atoms with van der Waals surface area (Å²) in [6.45, 7) is 0. The van der Waals surface area contributed by atoms with Crippen LogP contribution in [0.5, 0.6) is 0 Å². The van der Waals surface area contributed by atoms with E-state index in [9.17, 15) is 9.59 Å². The molecular weight excluding hydrogens is 252 g/mol. The first-order valence-corrected chi connectivity index (χ1v) is 6.02. The highest BCUT2D eigenvalue weighted by atomic mass is 32.2. The fourth-order valence-corrected chi connectivity index (χ4v) is 1.88. The maximum atomic E-state index is 11.7. The van der Waals surface area contributed by atoms with E-state index in [1.165, 1.54) is 0 Å². The van der Waals surface area contributed by atoms with E-state index >= 15 is 0 Å². The van der Waals surface area contributed by atoms with Crippen molar-refractivity contribution in [2.45, 2.75) is 17.4 Å². The second-order valence-electron chi connectivity index (χ2n) is 3.66. The third-order valence-electron chi connectivity index (χ3n) is 2.38. The number of thioether (sulfide) groups is 1. The SMILES string of the molecule is N#CSc1ccc(NC(=O)C2CC(=O)NN2)cc1. The van der Waals surface area contributed by atoms with Gasteiger partial charge in [-0.25, -0.2) is 5.43 Å². The van der Waals surface area contributed by atoms with Crippen molar-refractivity contribution >= 4 is 29.3 Å². The van der Waals surface area contributed by atoms with E-state index < -0.39 is 6.04 Å². The minimum Gasteiger partial charge on any atom is -0.325 e. The van der Waals surface area contributed by atoms with E-state index in [4.69, 9.17) is 5.26 Å². The molecule has 1 aromatic rings. The fraction of sp³-hybridized carbons (Fsp3) is 0.182. The van der Waals surface area contributed by atoms with Gasteiger partial charge in [-0.2, -0.15) is 5.26 Å². The second-order valence-corrected chi connectivity index (χ2v) is 4.51. The highest BCUT2D eigenvalue weighted by Crippen LogP contribution is 2.19. The van der Waals surface area contributed by atoms with Gasteiger partial charge in [0.25, 0.3) is 0 Å². The first kappa shape index (κ1) is 12.4. The van der Waals surface area contributed by atoms with Crippen molar-refractivity contribution in [3.05, 3.63) is 24.3 Å². The zero-order chi connectivity index (χ0) is 13.0. The predicted molar refractivity (Wildman–Crippen MR) is 66.2 cm³/mol. The van der Waals surface area contributed by atoms with E-state index in [1.807, 2.05) is 5.40 Å². The Morgan fingerprint density at radius 1 is 1.44 bits per heavy atom. The van der Waals surface area contributed by atoms with E-state index in [0.717, 1.165) is 16.7 Å². The number of thiocyanates is 1. The Labute approximate surface area is 108 Å². The summed E-state index contributed by atoms with van der Waals surface area (Å²) in [5.41, 5.74) is 5.60. The lowest BCUT2D eigenvalue weighted by Crippen LogP contribution is -2.39. The molecule has 18 heavy (non-hydrogen) atoms. The number of anilines is 1. The van der Waals surface area contributed by atoms with Gasteiger partial charge < -0.3 is 5.32 Å². The maximum Gasteiger partial charge on any atom is 0.243 e. The zero-order valence-electron chi connectivity index (χ0n) is 9.27. The average Bonchev–Trinajstić information content (AvgIpc) is 2.79. The fourth-order valence-electron chi connectivity index (χ4n) is 1.50. The molecule has 92 valence electrons. The number of hydrogen-bond acceptors (Lipinski definition) is 5. The number of nitrogens with one attached hydrogen (secondary N) is 3. The van der Waals surface area contributed by atoms with Crippen molar-refractivity contribution < 1.29 is 9.59 Å². The smallest absolute Gasteiger partial charge is 0.243 e. The van der Waals surface area contributed by atoms with Crippen LogP contribution in [-0.4, -0.2) is 17.9 Å². The molecule has 0 bridgehead atoms.